The third-order valence-corrected chi connectivity index (χ3v) is 7.71. The van der Waals surface area contributed by atoms with Crippen molar-refractivity contribution < 1.29 is 0 Å². The summed E-state index contributed by atoms with van der Waals surface area (Å²) in [5.74, 6) is 3.98. The van der Waals surface area contributed by atoms with Crippen LogP contribution < -0.4 is 0 Å². The van der Waals surface area contributed by atoms with Crippen LogP contribution in [0, 0.1) is 23.7 Å². The average molecular weight is 334 g/mol. The van der Waals surface area contributed by atoms with Crippen molar-refractivity contribution in [2.45, 2.75) is 83.3 Å². The number of hydrogen-bond donors (Lipinski definition) is 0. The molecule has 24 heavy (non-hydrogen) atoms. The fraction of sp³-hybridized carbons (Fsp3) is 1.00. The summed E-state index contributed by atoms with van der Waals surface area (Å²) in [4.78, 5) is 2.83. The van der Waals surface area contributed by atoms with Crippen LogP contribution in [0.5, 0.6) is 0 Å². The van der Waals surface area contributed by atoms with Gasteiger partial charge in [-0.1, -0.05) is 6.42 Å². The molecule has 5 atom stereocenters. The number of likely N-dealkylation sites (tertiary alicyclic amines) is 1. The summed E-state index contributed by atoms with van der Waals surface area (Å²) in [5.41, 5.74) is 0.355. The van der Waals surface area contributed by atoms with E-state index >= 15 is 0 Å². The maximum absolute atomic E-state index is 2.83. The molecule has 0 radical (unpaired) electrons. The van der Waals surface area contributed by atoms with E-state index in [2.05, 4.69) is 49.8 Å². The van der Waals surface area contributed by atoms with E-state index in [1.165, 1.54) is 58.0 Å². The van der Waals surface area contributed by atoms with Crippen LogP contribution in [0.15, 0.2) is 0 Å². The summed E-state index contributed by atoms with van der Waals surface area (Å²) in [6, 6.07) is 1.73. The lowest BCUT2D eigenvalue weighted by Gasteiger charge is -2.39. The lowest BCUT2D eigenvalue weighted by Crippen LogP contribution is -2.46. The van der Waals surface area contributed by atoms with Gasteiger partial charge in [0.1, 0.15) is 0 Å². The van der Waals surface area contributed by atoms with E-state index in [0.29, 0.717) is 5.54 Å². The molecular weight excluding hydrogens is 294 g/mol. The summed E-state index contributed by atoms with van der Waals surface area (Å²) in [5, 5.41) is 5.12. The fourth-order valence-corrected chi connectivity index (χ4v) is 6.20. The highest BCUT2D eigenvalue weighted by molar-refractivity contribution is 5.06. The quantitative estimate of drug-likeness (QED) is 0.773. The van der Waals surface area contributed by atoms with E-state index in [1.54, 1.807) is 0 Å². The first-order chi connectivity index (χ1) is 11.4. The molecule has 0 N–H and O–H groups in total. The third-order valence-electron chi connectivity index (χ3n) is 7.71. The molecule has 0 aromatic heterocycles. The monoisotopic (exact) mass is 333 g/mol. The Labute approximate surface area is 149 Å². The minimum Gasteiger partial charge on any atom is -0.295 e. The van der Waals surface area contributed by atoms with Crippen LogP contribution in [0.25, 0.3) is 0 Å². The SMILES string of the molecule is CN(C)N1CC(C2CC2C2CCCN2C(C)(C)C)CC1C1CCC1. The zero-order valence-corrected chi connectivity index (χ0v) is 16.7. The van der Waals surface area contributed by atoms with Gasteiger partial charge in [0.05, 0.1) is 0 Å². The molecule has 4 aliphatic rings. The Kier molecular flexibility index (Phi) is 4.50. The highest BCUT2D eigenvalue weighted by Gasteiger charge is 2.54. The molecule has 0 aromatic rings. The molecule has 0 bridgehead atoms. The molecule has 2 aliphatic carbocycles. The maximum Gasteiger partial charge on any atom is 0.0277 e. The molecule has 2 saturated heterocycles. The van der Waals surface area contributed by atoms with Crippen molar-refractivity contribution in [1.82, 2.24) is 14.9 Å². The van der Waals surface area contributed by atoms with Crippen molar-refractivity contribution >= 4 is 0 Å². The van der Waals surface area contributed by atoms with E-state index in [4.69, 9.17) is 0 Å². The zero-order chi connectivity index (χ0) is 17.1. The molecule has 0 amide bonds. The topological polar surface area (TPSA) is 9.72 Å². The predicted molar refractivity (Wildman–Crippen MR) is 101 cm³/mol. The van der Waals surface area contributed by atoms with E-state index in [9.17, 15) is 0 Å². The van der Waals surface area contributed by atoms with Crippen molar-refractivity contribution in [2.75, 3.05) is 27.2 Å². The molecule has 2 aliphatic heterocycles. The van der Waals surface area contributed by atoms with Crippen molar-refractivity contribution in [3.63, 3.8) is 0 Å². The first kappa shape index (κ1) is 17.3. The highest BCUT2D eigenvalue weighted by atomic mass is 15.6. The fourth-order valence-electron chi connectivity index (χ4n) is 6.20. The Hall–Kier alpha value is -0.120. The van der Waals surface area contributed by atoms with Gasteiger partial charge in [0.2, 0.25) is 0 Å². The number of rotatable bonds is 4. The Bertz CT molecular complexity index is 450. The first-order valence-corrected chi connectivity index (χ1v) is 10.6. The Morgan fingerprint density at radius 2 is 1.58 bits per heavy atom. The van der Waals surface area contributed by atoms with E-state index in [-0.39, 0.29) is 0 Å². The second-order valence-electron chi connectivity index (χ2n) is 10.4. The second-order valence-corrected chi connectivity index (χ2v) is 10.4. The first-order valence-electron chi connectivity index (χ1n) is 10.6. The molecule has 2 saturated carbocycles. The highest BCUT2D eigenvalue weighted by Crippen LogP contribution is 2.55. The van der Waals surface area contributed by atoms with Gasteiger partial charge in [0.15, 0.2) is 0 Å². The molecule has 2 heterocycles. The molecule has 0 spiro atoms. The van der Waals surface area contributed by atoms with Gasteiger partial charge in [-0.25, -0.2) is 10.0 Å². The van der Waals surface area contributed by atoms with Gasteiger partial charge in [-0.2, -0.15) is 0 Å². The molecule has 4 fully saturated rings. The van der Waals surface area contributed by atoms with Gasteiger partial charge in [-0.05, 0) is 89.5 Å². The standard InChI is InChI=1S/C21H39N3/c1-21(2,3)23-11-7-10-19(23)18-13-17(18)16-12-20(15-8-6-9-15)24(14-16)22(4)5/h15-20H,6-14H2,1-5H3. The summed E-state index contributed by atoms with van der Waals surface area (Å²) < 4.78 is 0. The molecule has 138 valence electrons. The van der Waals surface area contributed by atoms with Crippen LogP contribution in [0.2, 0.25) is 0 Å². The van der Waals surface area contributed by atoms with Crippen LogP contribution in [-0.2, 0) is 0 Å². The summed E-state index contributed by atoms with van der Waals surface area (Å²) >= 11 is 0. The van der Waals surface area contributed by atoms with Crippen LogP contribution in [0.4, 0.5) is 0 Å². The number of hydrazine groups is 1. The smallest absolute Gasteiger partial charge is 0.0277 e. The maximum atomic E-state index is 2.83. The van der Waals surface area contributed by atoms with Gasteiger partial charge < -0.3 is 0 Å². The second kappa shape index (κ2) is 6.25. The lowest BCUT2D eigenvalue weighted by molar-refractivity contribution is -0.0269. The Morgan fingerprint density at radius 3 is 2.17 bits per heavy atom. The van der Waals surface area contributed by atoms with Gasteiger partial charge in [0.25, 0.3) is 0 Å². The average Bonchev–Trinajstić information content (AvgIpc) is 2.90. The molecule has 5 unspecified atom stereocenters. The minimum absolute atomic E-state index is 0.355. The summed E-state index contributed by atoms with van der Waals surface area (Å²) in [6.45, 7) is 9.91. The van der Waals surface area contributed by atoms with E-state index in [1.807, 2.05) is 0 Å². The lowest BCUT2D eigenvalue weighted by atomic mass is 9.78. The van der Waals surface area contributed by atoms with Gasteiger partial charge >= 0.3 is 0 Å². The predicted octanol–water partition coefficient (Wildman–Crippen LogP) is 3.85. The van der Waals surface area contributed by atoms with Crippen molar-refractivity contribution in [3.05, 3.63) is 0 Å². The van der Waals surface area contributed by atoms with Gasteiger partial charge in [0, 0.05) is 38.3 Å². The molecule has 0 aromatic carbocycles. The molecular formula is C21H39N3. The van der Waals surface area contributed by atoms with Gasteiger partial charge in [-0.3, -0.25) is 4.90 Å². The van der Waals surface area contributed by atoms with Crippen molar-refractivity contribution in [2.24, 2.45) is 23.7 Å². The zero-order valence-electron chi connectivity index (χ0n) is 16.7. The molecule has 3 nitrogen and oxygen atoms in total. The van der Waals surface area contributed by atoms with Crippen LogP contribution in [0.3, 0.4) is 0 Å². The van der Waals surface area contributed by atoms with Crippen LogP contribution in [0.1, 0.15) is 65.7 Å². The molecule has 4 rings (SSSR count). The Morgan fingerprint density at radius 1 is 0.833 bits per heavy atom. The number of nitrogens with zero attached hydrogens (tertiary/aromatic N) is 3. The largest absolute Gasteiger partial charge is 0.295 e. The van der Waals surface area contributed by atoms with Crippen LogP contribution in [-0.4, -0.2) is 59.7 Å². The number of hydrogen-bond acceptors (Lipinski definition) is 3. The summed E-state index contributed by atoms with van der Waals surface area (Å²) in [7, 11) is 4.52. The van der Waals surface area contributed by atoms with E-state index < -0.39 is 0 Å². The van der Waals surface area contributed by atoms with Crippen molar-refractivity contribution in [1.29, 1.82) is 0 Å². The summed E-state index contributed by atoms with van der Waals surface area (Å²) in [6.07, 6.45) is 10.3. The third kappa shape index (κ3) is 3.05. The minimum atomic E-state index is 0.355. The molecule has 3 heteroatoms. The van der Waals surface area contributed by atoms with Gasteiger partial charge in [-0.15, -0.1) is 0 Å². The normalized spacial score (nSPS) is 42.0. The van der Waals surface area contributed by atoms with E-state index in [0.717, 1.165) is 35.8 Å². The Balaban J connectivity index is 1.39. The van der Waals surface area contributed by atoms with Crippen molar-refractivity contribution in [3.8, 4) is 0 Å². The van der Waals surface area contributed by atoms with Crippen LogP contribution >= 0.6 is 0 Å².